The van der Waals surface area contributed by atoms with Crippen LogP contribution in [0.5, 0.6) is 0 Å². The maximum atomic E-state index is 13.0. The topological polar surface area (TPSA) is 37.3 Å². The Bertz CT molecular complexity index is 690. The first-order chi connectivity index (χ1) is 10.3. The van der Waals surface area contributed by atoms with Crippen molar-refractivity contribution in [1.29, 1.82) is 0 Å². The van der Waals surface area contributed by atoms with Crippen LogP contribution in [0.1, 0.15) is 37.5 Å². The first kappa shape index (κ1) is 16.0. The van der Waals surface area contributed by atoms with Crippen molar-refractivity contribution in [1.82, 2.24) is 0 Å². The zero-order valence-electron chi connectivity index (χ0n) is 12.9. The first-order valence-electron chi connectivity index (χ1n) is 7.09. The summed E-state index contributed by atoms with van der Waals surface area (Å²) in [5, 5.41) is 9.38. The molecule has 0 saturated carbocycles. The van der Waals surface area contributed by atoms with Gasteiger partial charge in [0.05, 0.1) is 5.57 Å². The van der Waals surface area contributed by atoms with Gasteiger partial charge in [0, 0.05) is 0 Å². The fourth-order valence-electron chi connectivity index (χ4n) is 2.14. The number of halogens is 1. The summed E-state index contributed by atoms with van der Waals surface area (Å²) < 4.78 is 13.0. The van der Waals surface area contributed by atoms with Crippen molar-refractivity contribution in [2.24, 2.45) is 0 Å². The third-order valence-corrected chi connectivity index (χ3v) is 3.47. The predicted octanol–water partition coefficient (Wildman–Crippen LogP) is 4.75. The molecule has 0 radical (unpaired) electrons. The van der Waals surface area contributed by atoms with E-state index in [-0.39, 0.29) is 16.8 Å². The molecule has 0 amide bonds. The van der Waals surface area contributed by atoms with Gasteiger partial charge in [-0.05, 0) is 40.3 Å². The van der Waals surface area contributed by atoms with Crippen LogP contribution in [-0.4, -0.2) is 11.1 Å². The van der Waals surface area contributed by atoms with Crippen molar-refractivity contribution in [3.05, 3.63) is 71.0 Å². The van der Waals surface area contributed by atoms with Gasteiger partial charge in [-0.15, -0.1) is 0 Å². The van der Waals surface area contributed by atoms with Gasteiger partial charge in [-0.25, -0.2) is 9.18 Å². The van der Waals surface area contributed by atoms with E-state index in [0.717, 1.165) is 5.56 Å². The average molecular weight is 298 g/mol. The minimum Gasteiger partial charge on any atom is -0.478 e. The Kier molecular flexibility index (Phi) is 4.45. The molecule has 0 atom stereocenters. The van der Waals surface area contributed by atoms with E-state index < -0.39 is 5.97 Å². The van der Waals surface area contributed by atoms with Crippen molar-refractivity contribution in [3.8, 4) is 0 Å². The van der Waals surface area contributed by atoms with Gasteiger partial charge >= 0.3 is 5.97 Å². The minimum absolute atomic E-state index is 0.0504. The van der Waals surface area contributed by atoms with Crippen molar-refractivity contribution in [2.75, 3.05) is 0 Å². The summed E-state index contributed by atoms with van der Waals surface area (Å²) in [5.41, 5.74) is 2.66. The number of carboxylic acids is 1. The zero-order chi connectivity index (χ0) is 16.3. The Morgan fingerprint density at radius 2 is 1.55 bits per heavy atom. The fraction of sp³-hybridized carbons (Fsp3) is 0.211. The van der Waals surface area contributed by atoms with Gasteiger partial charge in [0.15, 0.2) is 0 Å². The third-order valence-electron chi connectivity index (χ3n) is 3.47. The summed E-state index contributed by atoms with van der Waals surface area (Å²) in [4.78, 5) is 11.5. The molecule has 2 nitrogen and oxygen atoms in total. The molecular formula is C19H19FO2. The van der Waals surface area contributed by atoms with Crippen LogP contribution < -0.4 is 0 Å². The second kappa shape index (κ2) is 6.14. The second-order valence-corrected chi connectivity index (χ2v) is 6.24. The van der Waals surface area contributed by atoms with Gasteiger partial charge in [0.25, 0.3) is 0 Å². The summed E-state index contributed by atoms with van der Waals surface area (Å²) in [6, 6.07) is 13.2. The van der Waals surface area contributed by atoms with E-state index in [4.69, 9.17) is 0 Å². The molecule has 0 spiro atoms. The molecule has 22 heavy (non-hydrogen) atoms. The van der Waals surface area contributed by atoms with Crippen LogP contribution in [0.15, 0.2) is 48.5 Å². The molecule has 0 fully saturated rings. The summed E-state index contributed by atoms with van der Waals surface area (Å²) >= 11 is 0. The van der Waals surface area contributed by atoms with Gasteiger partial charge in [-0.2, -0.15) is 0 Å². The van der Waals surface area contributed by atoms with E-state index in [1.54, 1.807) is 6.08 Å². The van der Waals surface area contributed by atoms with Crippen LogP contribution in [0.25, 0.3) is 11.6 Å². The van der Waals surface area contributed by atoms with Gasteiger partial charge < -0.3 is 5.11 Å². The third kappa shape index (κ3) is 3.82. The molecule has 0 aromatic heterocycles. The van der Waals surface area contributed by atoms with Gasteiger partial charge in [0.1, 0.15) is 5.82 Å². The Hall–Kier alpha value is -2.42. The lowest BCUT2D eigenvalue weighted by Gasteiger charge is -2.18. The summed E-state index contributed by atoms with van der Waals surface area (Å²) in [5.74, 6) is -1.42. The standard InChI is InChI=1S/C19H19FO2/c1-19(2,3)15-8-4-13(5-9-15)12-17(18(21)22)14-6-10-16(20)11-7-14/h4-12H,1-3H3,(H,21,22)/b17-12-. The van der Waals surface area contributed by atoms with Crippen LogP contribution in [-0.2, 0) is 10.2 Å². The van der Waals surface area contributed by atoms with E-state index in [2.05, 4.69) is 20.8 Å². The molecule has 2 rings (SSSR count). The Morgan fingerprint density at radius 3 is 2.00 bits per heavy atom. The number of carboxylic acid groups (broad SMARTS) is 1. The normalized spacial score (nSPS) is 12.3. The van der Waals surface area contributed by atoms with Crippen molar-refractivity contribution in [2.45, 2.75) is 26.2 Å². The highest BCUT2D eigenvalue weighted by Gasteiger charge is 2.14. The van der Waals surface area contributed by atoms with Crippen molar-refractivity contribution >= 4 is 17.6 Å². The molecule has 0 saturated heterocycles. The number of rotatable bonds is 3. The summed E-state index contributed by atoms with van der Waals surface area (Å²) in [6.07, 6.45) is 1.60. The van der Waals surface area contributed by atoms with E-state index in [1.807, 2.05) is 24.3 Å². The average Bonchev–Trinajstić information content (AvgIpc) is 2.45. The molecule has 0 heterocycles. The molecule has 114 valence electrons. The fourth-order valence-corrected chi connectivity index (χ4v) is 2.14. The van der Waals surface area contributed by atoms with Crippen LogP contribution >= 0.6 is 0 Å². The van der Waals surface area contributed by atoms with E-state index in [0.29, 0.717) is 5.56 Å². The first-order valence-corrected chi connectivity index (χ1v) is 7.09. The Labute approximate surface area is 129 Å². The second-order valence-electron chi connectivity index (χ2n) is 6.24. The quantitative estimate of drug-likeness (QED) is 0.656. The van der Waals surface area contributed by atoms with Crippen LogP contribution in [0.3, 0.4) is 0 Å². The maximum Gasteiger partial charge on any atom is 0.336 e. The lowest BCUT2D eigenvalue weighted by atomic mass is 9.86. The highest BCUT2D eigenvalue weighted by atomic mass is 19.1. The molecule has 2 aromatic carbocycles. The molecule has 2 aromatic rings. The van der Waals surface area contributed by atoms with Crippen LogP contribution in [0.2, 0.25) is 0 Å². The number of hydrogen-bond donors (Lipinski definition) is 1. The molecule has 0 bridgehead atoms. The molecule has 0 aliphatic rings. The Morgan fingerprint density at radius 1 is 1.00 bits per heavy atom. The lowest BCUT2D eigenvalue weighted by molar-refractivity contribution is -0.130. The molecule has 0 unspecified atom stereocenters. The zero-order valence-corrected chi connectivity index (χ0v) is 12.9. The smallest absolute Gasteiger partial charge is 0.336 e. The number of benzene rings is 2. The molecule has 0 aliphatic heterocycles. The highest BCUT2D eigenvalue weighted by Crippen LogP contribution is 2.24. The van der Waals surface area contributed by atoms with Crippen LogP contribution in [0, 0.1) is 5.82 Å². The molecule has 3 heteroatoms. The summed E-state index contributed by atoms with van der Waals surface area (Å²) in [7, 11) is 0. The minimum atomic E-state index is -1.04. The molecule has 0 aliphatic carbocycles. The highest BCUT2D eigenvalue weighted by molar-refractivity contribution is 6.20. The van der Waals surface area contributed by atoms with Crippen LogP contribution in [0.4, 0.5) is 4.39 Å². The number of carbonyl (C=O) groups is 1. The van der Waals surface area contributed by atoms with Crippen molar-refractivity contribution < 1.29 is 14.3 Å². The largest absolute Gasteiger partial charge is 0.478 e. The lowest BCUT2D eigenvalue weighted by Crippen LogP contribution is -2.10. The predicted molar refractivity (Wildman–Crippen MR) is 87.0 cm³/mol. The summed E-state index contributed by atoms with van der Waals surface area (Å²) in [6.45, 7) is 6.37. The number of aliphatic carboxylic acids is 1. The van der Waals surface area contributed by atoms with Gasteiger partial charge in [-0.1, -0.05) is 57.2 Å². The van der Waals surface area contributed by atoms with Gasteiger partial charge in [-0.3, -0.25) is 0 Å². The maximum absolute atomic E-state index is 13.0. The monoisotopic (exact) mass is 298 g/mol. The number of hydrogen-bond acceptors (Lipinski definition) is 1. The molecule has 1 N–H and O–H groups in total. The molecular weight excluding hydrogens is 279 g/mol. The van der Waals surface area contributed by atoms with E-state index >= 15 is 0 Å². The van der Waals surface area contributed by atoms with Crippen molar-refractivity contribution in [3.63, 3.8) is 0 Å². The Balaban J connectivity index is 2.38. The van der Waals surface area contributed by atoms with E-state index in [9.17, 15) is 14.3 Å². The van der Waals surface area contributed by atoms with Gasteiger partial charge in [0.2, 0.25) is 0 Å². The van der Waals surface area contributed by atoms with E-state index in [1.165, 1.54) is 29.8 Å². The SMILES string of the molecule is CC(C)(C)c1ccc(/C=C(\C(=O)O)c2ccc(F)cc2)cc1.